The van der Waals surface area contributed by atoms with Crippen LogP contribution in [0.1, 0.15) is 10.4 Å². The van der Waals surface area contributed by atoms with E-state index in [-0.39, 0.29) is 16.0 Å². The number of hydrogen-bond donors (Lipinski definition) is 1. The fraction of sp³-hybridized carbons (Fsp3) is 0. The minimum Gasteiger partial charge on any atom is -0.321 e. The number of amides is 1. The van der Waals surface area contributed by atoms with Crippen molar-refractivity contribution in [3.8, 4) is 0 Å². The fourth-order valence-electron chi connectivity index (χ4n) is 2.49. The average Bonchev–Trinajstić information content (AvgIpc) is 2.54. The van der Waals surface area contributed by atoms with Crippen molar-refractivity contribution >= 4 is 42.1 Å². The number of hydrogen-bond acceptors (Lipinski definition) is 3. The summed E-state index contributed by atoms with van der Waals surface area (Å²) in [7, 11) is 1.42. The Hall–Kier alpha value is -2.51. The molecule has 0 unspecified atom stereocenters. The van der Waals surface area contributed by atoms with Gasteiger partial charge in [-0.15, -0.1) is 0 Å². The van der Waals surface area contributed by atoms with Crippen LogP contribution in [-0.2, 0) is 9.05 Å². The Morgan fingerprint density at radius 3 is 2.08 bits per heavy atom. The molecule has 0 bridgehead atoms. The first-order valence-electron chi connectivity index (χ1n) is 7.01. The first-order chi connectivity index (χ1) is 11.8. The van der Waals surface area contributed by atoms with E-state index in [9.17, 15) is 22.0 Å². The normalized spacial score (nSPS) is 11.5. The summed E-state index contributed by atoms with van der Waals surface area (Å²) >= 11 is 0. The zero-order valence-corrected chi connectivity index (χ0v) is 14.0. The Morgan fingerprint density at radius 1 is 0.880 bits per heavy atom. The van der Waals surface area contributed by atoms with Crippen LogP contribution < -0.4 is 5.32 Å². The second-order valence-electron chi connectivity index (χ2n) is 5.15. The van der Waals surface area contributed by atoms with Crippen molar-refractivity contribution in [2.24, 2.45) is 0 Å². The van der Waals surface area contributed by atoms with E-state index in [2.05, 4.69) is 5.32 Å². The highest BCUT2D eigenvalue weighted by Gasteiger charge is 2.20. The summed E-state index contributed by atoms with van der Waals surface area (Å²) in [5.74, 6) is -2.98. The number of benzene rings is 3. The minimum absolute atomic E-state index is 0.125. The van der Waals surface area contributed by atoms with Crippen LogP contribution in [0.4, 0.5) is 14.5 Å². The van der Waals surface area contributed by atoms with E-state index in [1.54, 1.807) is 18.2 Å². The highest BCUT2D eigenvalue weighted by atomic mass is 35.7. The SMILES string of the molecule is O=C(Nc1ccc(S(=O)(=O)Cl)c2ccccc12)c1c(F)cccc1F. The minimum atomic E-state index is -4.00. The molecule has 3 rings (SSSR count). The maximum atomic E-state index is 13.7. The summed E-state index contributed by atoms with van der Waals surface area (Å²) in [5.41, 5.74) is -0.520. The van der Waals surface area contributed by atoms with Crippen molar-refractivity contribution in [2.45, 2.75) is 4.90 Å². The van der Waals surface area contributed by atoms with Crippen molar-refractivity contribution in [1.82, 2.24) is 0 Å². The third kappa shape index (κ3) is 3.33. The van der Waals surface area contributed by atoms with Crippen LogP contribution in [0, 0.1) is 11.6 Å². The Balaban J connectivity index is 2.11. The smallest absolute Gasteiger partial charge is 0.261 e. The Labute approximate surface area is 146 Å². The summed E-state index contributed by atoms with van der Waals surface area (Å²) in [6.45, 7) is 0. The van der Waals surface area contributed by atoms with E-state index in [1.807, 2.05) is 0 Å². The van der Waals surface area contributed by atoms with Crippen LogP contribution in [0.15, 0.2) is 59.5 Å². The molecule has 0 aliphatic rings. The molecule has 0 aromatic heterocycles. The summed E-state index contributed by atoms with van der Waals surface area (Å²) in [6.07, 6.45) is 0. The van der Waals surface area contributed by atoms with Gasteiger partial charge in [-0.1, -0.05) is 30.3 Å². The van der Waals surface area contributed by atoms with Gasteiger partial charge >= 0.3 is 0 Å². The summed E-state index contributed by atoms with van der Waals surface area (Å²) in [6, 6.07) is 11.9. The summed E-state index contributed by atoms with van der Waals surface area (Å²) < 4.78 is 50.8. The van der Waals surface area contributed by atoms with Gasteiger partial charge in [-0.05, 0) is 24.3 Å². The van der Waals surface area contributed by atoms with Crippen LogP contribution >= 0.6 is 10.7 Å². The summed E-state index contributed by atoms with van der Waals surface area (Å²) in [4.78, 5) is 12.1. The first kappa shape index (κ1) is 17.3. The molecule has 1 N–H and O–H groups in total. The van der Waals surface area contributed by atoms with Gasteiger partial charge in [-0.25, -0.2) is 17.2 Å². The van der Waals surface area contributed by atoms with Crippen LogP contribution in [0.2, 0.25) is 0 Å². The van der Waals surface area contributed by atoms with E-state index in [4.69, 9.17) is 10.7 Å². The van der Waals surface area contributed by atoms with Crippen LogP contribution in [0.3, 0.4) is 0 Å². The van der Waals surface area contributed by atoms with Gasteiger partial charge in [0.25, 0.3) is 15.0 Å². The Morgan fingerprint density at radius 2 is 1.48 bits per heavy atom. The van der Waals surface area contributed by atoms with Gasteiger partial charge in [0.05, 0.1) is 4.90 Å². The number of nitrogens with one attached hydrogen (secondary N) is 1. The van der Waals surface area contributed by atoms with E-state index >= 15 is 0 Å². The average molecular weight is 382 g/mol. The van der Waals surface area contributed by atoms with Gasteiger partial charge in [0.15, 0.2) is 0 Å². The Bertz CT molecular complexity index is 1080. The molecule has 0 aliphatic carbocycles. The molecule has 0 radical (unpaired) electrons. The largest absolute Gasteiger partial charge is 0.321 e. The lowest BCUT2D eigenvalue weighted by Gasteiger charge is -2.12. The van der Waals surface area contributed by atoms with Crippen molar-refractivity contribution in [3.63, 3.8) is 0 Å². The highest BCUT2D eigenvalue weighted by Crippen LogP contribution is 2.31. The number of rotatable bonds is 3. The van der Waals surface area contributed by atoms with Crippen LogP contribution in [0.5, 0.6) is 0 Å². The molecule has 0 aliphatic heterocycles. The predicted molar refractivity (Wildman–Crippen MR) is 91.3 cm³/mol. The predicted octanol–water partition coefficient (Wildman–Crippen LogP) is 4.30. The maximum absolute atomic E-state index is 13.7. The molecule has 1 amide bonds. The lowest BCUT2D eigenvalue weighted by Crippen LogP contribution is -2.16. The third-order valence-electron chi connectivity index (χ3n) is 3.58. The molecule has 4 nitrogen and oxygen atoms in total. The molecule has 0 saturated carbocycles. The zero-order chi connectivity index (χ0) is 18.2. The van der Waals surface area contributed by atoms with E-state index in [0.29, 0.717) is 5.39 Å². The molecule has 0 spiro atoms. The number of carbonyl (C=O) groups excluding carboxylic acids is 1. The monoisotopic (exact) mass is 381 g/mol. The fourth-order valence-corrected chi connectivity index (χ4v) is 3.57. The zero-order valence-electron chi connectivity index (χ0n) is 12.5. The number of carbonyl (C=O) groups is 1. The summed E-state index contributed by atoms with van der Waals surface area (Å²) in [5, 5.41) is 3.06. The van der Waals surface area contributed by atoms with Gasteiger partial charge in [-0.3, -0.25) is 4.79 Å². The topological polar surface area (TPSA) is 63.2 Å². The van der Waals surface area contributed by atoms with E-state index < -0.39 is 32.2 Å². The molecule has 0 heterocycles. The molecule has 128 valence electrons. The highest BCUT2D eigenvalue weighted by molar-refractivity contribution is 8.14. The third-order valence-corrected chi connectivity index (χ3v) is 4.96. The van der Waals surface area contributed by atoms with Gasteiger partial charge in [0.1, 0.15) is 17.2 Å². The number of anilines is 1. The molecular formula is C17H10ClF2NO3S. The lowest BCUT2D eigenvalue weighted by atomic mass is 10.1. The van der Waals surface area contributed by atoms with E-state index in [0.717, 1.165) is 18.2 Å². The maximum Gasteiger partial charge on any atom is 0.261 e. The quantitative estimate of drug-likeness (QED) is 0.688. The van der Waals surface area contributed by atoms with Crippen molar-refractivity contribution in [2.75, 3.05) is 5.32 Å². The number of halogens is 3. The molecule has 0 fully saturated rings. The molecular weight excluding hydrogens is 372 g/mol. The number of fused-ring (bicyclic) bond motifs is 1. The Kier molecular flexibility index (Phi) is 4.45. The van der Waals surface area contributed by atoms with E-state index in [1.165, 1.54) is 18.2 Å². The van der Waals surface area contributed by atoms with Crippen molar-refractivity contribution < 1.29 is 22.0 Å². The lowest BCUT2D eigenvalue weighted by molar-refractivity contribution is 0.101. The second-order valence-corrected chi connectivity index (χ2v) is 7.68. The molecule has 0 saturated heterocycles. The molecule has 0 atom stereocenters. The van der Waals surface area contributed by atoms with Crippen molar-refractivity contribution in [3.05, 3.63) is 71.8 Å². The molecule has 3 aromatic carbocycles. The molecule has 8 heteroatoms. The second kappa shape index (κ2) is 6.42. The van der Waals surface area contributed by atoms with Gasteiger partial charge in [0.2, 0.25) is 0 Å². The molecule has 25 heavy (non-hydrogen) atoms. The van der Waals surface area contributed by atoms with Gasteiger partial charge < -0.3 is 5.32 Å². The standard InChI is InChI=1S/C17H10ClF2NO3S/c18-25(23,24)15-9-8-14(10-4-1-2-5-11(10)15)21-17(22)16-12(19)6-3-7-13(16)20/h1-9H,(H,21,22). The van der Waals surface area contributed by atoms with Crippen LogP contribution in [-0.4, -0.2) is 14.3 Å². The van der Waals surface area contributed by atoms with Gasteiger partial charge in [-0.2, -0.15) is 0 Å². The van der Waals surface area contributed by atoms with Crippen molar-refractivity contribution in [1.29, 1.82) is 0 Å². The molecule has 3 aromatic rings. The first-order valence-corrected chi connectivity index (χ1v) is 9.32. The van der Waals surface area contributed by atoms with Crippen LogP contribution in [0.25, 0.3) is 10.8 Å². The van der Waals surface area contributed by atoms with Gasteiger partial charge in [0, 0.05) is 27.1 Å².